The van der Waals surface area contributed by atoms with Gasteiger partial charge >= 0.3 is 0 Å². The monoisotopic (exact) mass is 222 g/mol. The lowest BCUT2D eigenvalue weighted by molar-refractivity contribution is 0.254. The van der Waals surface area contributed by atoms with E-state index < -0.39 is 0 Å². The summed E-state index contributed by atoms with van der Waals surface area (Å²) in [6.45, 7) is 6.43. The molecule has 0 aliphatic heterocycles. The fraction of sp³-hybridized carbons (Fsp3) is 0.583. The maximum atomic E-state index is 5.62. The molecule has 0 aromatic carbocycles. The van der Waals surface area contributed by atoms with Crippen molar-refractivity contribution in [2.45, 2.75) is 13.8 Å². The highest BCUT2D eigenvalue weighted by molar-refractivity contribution is 5.49. The number of nitrogens with one attached hydrogen (secondary N) is 1. The Morgan fingerprint density at radius 2 is 2.12 bits per heavy atom. The van der Waals surface area contributed by atoms with Gasteiger partial charge in [-0.25, -0.2) is 4.98 Å². The number of nitrogens with two attached hydrogens (primary N) is 1. The van der Waals surface area contributed by atoms with Crippen LogP contribution in [-0.4, -0.2) is 37.1 Å². The van der Waals surface area contributed by atoms with Crippen LogP contribution in [0.15, 0.2) is 18.3 Å². The van der Waals surface area contributed by atoms with E-state index >= 15 is 0 Å². The second kappa shape index (κ2) is 5.16. The zero-order chi connectivity index (χ0) is 12.2. The Kier molecular flexibility index (Phi) is 4.12. The maximum absolute atomic E-state index is 5.62. The Hall–Kier alpha value is -1.29. The van der Waals surface area contributed by atoms with Crippen LogP contribution in [0.5, 0.6) is 0 Å². The van der Waals surface area contributed by atoms with Gasteiger partial charge in [0.2, 0.25) is 0 Å². The summed E-state index contributed by atoms with van der Waals surface area (Å²) in [5.41, 5.74) is 6.87. The summed E-state index contributed by atoms with van der Waals surface area (Å²) in [7, 11) is 4.18. The highest BCUT2D eigenvalue weighted by Gasteiger charge is 2.18. The first-order chi connectivity index (χ1) is 7.39. The molecule has 0 aliphatic carbocycles. The molecular weight excluding hydrogens is 200 g/mol. The van der Waals surface area contributed by atoms with Gasteiger partial charge in [0, 0.05) is 31.0 Å². The first-order valence-electron chi connectivity index (χ1n) is 5.49. The molecule has 16 heavy (non-hydrogen) atoms. The van der Waals surface area contributed by atoms with Gasteiger partial charge in [-0.3, -0.25) is 0 Å². The molecule has 3 N–H and O–H groups in total. The molecule has 0 saturated heterocycles. The predicted octanol–water partition coefficient (Wildman–Crippen LogP) is 1.66. The van der Waals surface area contributed by atoms with E-state index in [2.05, 4.69) is 43.1 Å². The van der Waals surface area contributed by atoms with Gasteiger partial charge in [-0.05, 0) is 25.6 Å². The molecule has 0 atom stereocenters. The summed E-state index contributed by atoms with van der Waals surface area (Å²) >= 11 is 0. The van der Waals surface area contributed by atoms with Crippen molar-refractivity contribution < 1.29 is 0 Å². The number of nitrogen functional groups attached to an aromatic ring is 1. The molecule has 0 spiro atoms. The molecule has 0 radical (unpaired) electrons. The average Bonchev–Trinajstić information content (AvgIpc) is 2.13. The van der Waals surface area contributed by atoms with E-state index in [0.717, 1.165) is 18.8 Å². The molecule has 4 nitrogen and oxygen atoms in total. The van der Waals surface area contributed by atoms with Crippen molar-refractivity contribution in [3.05, 3.63) is 18.3 Å². The van der Waals surface area contributed by atoms with E-state index in [1.54, 1.807) is 6.20 Å². The summed E-state index contributed by atoms with van der Waals surface area (Å²) in [4.78, 5) is 6.16. The molecule has 0 saturated carbocycles. The van der Waals surface area contributed by atoms with Crippen LogP contribution in [0.2, 0.25) is 0 Å². The van der Waals surface area contributed by atoms with Gasteiger partial charge in [0.1, 0.15) is 5.82 Å². The van der Waals surface area contributed by atoms with Gasteiger partial charge in [-0.2, -0.15) is 0 Å². The Balaban J connectivity index is 2.50. The first-order valence-corrected chi connectivity index (χ1v) is 5.49. The highest BCUT2D eigenvalue weighted by Crippen LogP contribution is 2.18. The number of anilines is 2. The van der Waals surface area contributed by atoms with Crippen LogP contribution in [0.1, 0.15) is 13.8 Å². The van der Waals surface area contributed by atoms with Gasteiger partial charge in [-0.1, -0.05) is 13.8 Å². The third-order valence-corrected chi connectivity index (χ3v) is 2.30. The predicted molar refractivity (Wildman–Crippen MR) is 69.5 cm³/mol. The van der Waals surface area contributed by atoms with Crippen molar-refractivity contribution >= 4 is 11.5 Å². The topological polar surface area (TPSA) is 54.2 Å². The molecule has 90 valence electrons. The molecule has 1 aromatic rings. The van der Waals surface area contributed by atoms with Gasteiger partial charge in [-0.15, -0.1) is 0 Å². The minimum absolute atomic E-state index is 0.224. The number of nitrogens with zero attached hydrogens (tertiary/aromatic N) is 2. The van der Waals surface area contributed by atoms with Crippen LogP contribution in [0.25, 0.3) is 0 Å². The zero-order valence-corrected chi connectivity index (χ0v) is 10.6. The summed E-state index contributed by atoms with van der Waals surface area (Å²) in [5.74, 6) is 0.551. The van der Waals surface area contributed by atoms with Crippen molar-refractivity contribution in [3.8, 4) is 0 Å². The number of rotatable bonds is 5. The minimum Gasteiger partial charge on any atom is -0.384 e. The average molecular weight is 222 g/mol. The van der Waals surface area contributed by atoms with E-state index in [1.165, 1.54) is 0 Å². The standard InChI is InChI=1S/C12H22N4/c1-12(2,9-16(3)4)8-15-10-5-6-14-11(13)7-10/h5-7H,8-9H2,1-4H3,(H3,13,14,15). The molecule has 0 amide bonds. The molecular formula is C12H22N4. The number of hydrogen-bond donors (Lipinski definition) is 2. The molecule has 4 heteroatoms. The van der Waals surface area contributed by atoms with Crippen molar-refractivity contribution in [1.29, 1.82) is 0 Å². The van der Waals surface area contributed by atoms with Crippen LogP contribution in [0.3, 0.4) is 0 Å². The Labute approximate surface area is 97.9 Å². The zero-order valence-electron chi connectivity index (χ0n) is 10.6. The Morgan fingerprint density at radius 3 is 2.69 bits per heavy atom. The molecule has 1 aromatic heterocycles. The molecule has 1 rings (SSSR count). The van der Waals surface area contributed by atoms with Crippen molar-refractivity contribution in [3.63, 3.8) is 0 Å². The third-order valence-electron chi connectivity index (χ3n) is 2.30. The summed E-state index contributed by atoms with van der Waals surface area (Å²) in [6.07, 6.45) is 1.72. The maximum Gasteiger partial charge on any atom is 0.125 e. The quantitative estimate of drug-likeness (QED) is 0.795. The number of aromatic nitrogens is 1. The first kappa shape index (κ1) is 12.8. The van der Waals surface area contributed by atoms with Gasteiger partial charge in [0.05, 0.1) is 0 Å². The van der Waals surface area contributed by atoms with E-state index in [-0.39, 0.29) is 5.41 Å². The lowest BCUT2D eigenvalue weighted by atomic mass is 9.93. The van der Waals surface area contributed by atoms with E-state index in [9.17, 15) is 0 Å². The molecule has 0 bridgehead atoms. The normalized spacial score (nSPS) is 11.8. The largest absolute Gasteiger partial charge is 0.384 e. The van der Waals surface area contributed by atoms with Crippen molar-refractivity contribution in [1.82, 2.24) is 9.88 Å². The number of hydrogen-bond acceptors (Lipinski definition) is 4. The Bertz CT molecular complexity index is 334. The third kappa shape index (κ3) is 4.49. The fourth-order valence-electron chi connectivity index (χ4n) is 1.81. The van der Waals surface area contributed by atoms with Crippen LogP contribution in [-0.2, 0) is 0 Å². The minimum atomic E-state index is 0.224. The second-order valence-corrected chi connectivity index (χ2v) is 5.22. The van der Waals surface area contributed by atoms with Gasteiger partial charge in [0.15, 0.2) is 0 Å². The fourth-order valence-corrected chi connectivity index (χ4v) is 1.81. The SMILES string of the molecule is CN(C)CC(C)(C)CNc1ccnc(N)c1. The van der Waals surface area contributed by atoms with E-state index in [0.29, 0.717) is 5.82 Å². The van der Waals surface area contributed by atoms with E-state index in [1.807, 2.05) is 12.1 Å². The van der Waals surface area contributed by atoms with Crippen molar-refractivity contribution in [2.75, 3.05) is 38.2 Å². The summed E-state index contributed by atoms with van der Waals surface area (Å²) < 4.78 is 0. The van der Waals surface area contributed by atoms with Crippen LogP contribution in [0, 0.1) is 5.41 Å². The molecule has 1 heterocycles. The van der Waals surface area contributed by atoms with Crippen LogP contribution >= 0.6 is 0 Å². The van der Waals surface area contributed by atoms with Gasteiger partial charge < -0.3 is 16.0 Å². The van der Waals surface area contributed by atoms with Crippen LogP contribution < -0.4 is 11.1 Å². The Morgan fingerprint density at radius 1 is 1.44 bits per heavy atom. The smallest absolute Gasteiger partial charge is 0.125 e. The number of pyridine rings is 1. The molecule has 0 unspecified atom stereocenters. The highest BCUT2D eigenvalue weighted by atomic mass is 15.1. The van der Waals surface area contributed by atoms with Crippen molar-refractivity contribution in [2.24, 2.45) is 5.41 Å². The van der Waals surface area contributed by atoms with Crippen LogP contribution in [0.4, 0.5) is 11.5 Å². The van der Waals surface area contributed by atoms with Gasteiger partial charge in [0.25, 0.3) is 0 Å². The summed E-state index contributed by atoms with van der Waals surface area (Å²) in [5, 5.41) is 3.38. The van der Waals surface area contributed by atoms with E-state index in [4.69, 9.17) is 5.73 Å². The molecule has 0 aliphatic rings. The lowest BCUT2D eigenvalue weighted by Crippen LogP contribution is -2.34. The molecule has 0 fully saturated rings. The lowest BCUT2D eigenvalue weighted by Gasteiger charge is -2.28. The summed E-state index contributed by atoms with van der Waals surface area (Å²) in [6, 6.07) is 3.79. The second-order valence-electron chi connectivity index (χ2n) is 5.22.